The molecule has 0 rings (SSSR count). The normalized spacial score (nSPS) is 12.0. The minimum atomic E-state index is -1.97. The molecule has 0 aliphatic heterocycles. The maximum absolute atomic E-state index is 11.5. The second kappa shape index (κ2) is 5.34. The number of rotatable bonds is 6. The highest BCUT2D eigenvalue weighted by Crippen LogP contribution is 2.14. The largest absolute Gasteiger partial charge is 0.295 e. The first-order valence-corrected chi connectivity index (χ1v) is 2.78. The molecule has 0 aliphatic carbocycles. The van der Waals surface area contributed by atoms with Crippen LogP contribution in [0.5, 0.6) is 0 Å². The second-order valence-electron chi connectivity index (χ2n) is 1.62. The fourth-order valence-electron chi connectivity index (χ4n) is 0.422. The number of alkyl halides is 3. The van der Waals surface area contributed by atoms with Crippen LogP contribution in [-0.2, 0) is 14.2 Å². The van der Waals surface area contributed by atoms with E-state index in [0.29, 0.717) is 0 Å². The summed E-state index contributed by atoms with van der Waals surface area (Å²) in [5, 5.41) is 0. The van der Waals surface area contributed by atoms with Gasteiger partial charge in [-0.05, 0) is 0 Å². The van der Waals surface area contributed by atoms with Crippen molar-refractivity contribution < 1.29 is 27.4 Å². The van der Waals surface area contributed by atoms with Crippen LogP contribution < -0.4 is 0 Å². The van der Waals surface area contributed by atoms with Crippen molar-refractivity contribution in [1.82, 2.24) is 0 Å². The Morgan fingerprint density at radius 3 is 1.36 bits per heavy atom. The molecular formula is C5H9F3O3. The van der Waals surface area contributed by atoms with Crippen LogP contribution in [-0.4, -0.2) is 26.6 Å². The minimum absolute atomic E-state index is 1.06. The van der Waals surface area contributed by atoms with Crippen molar-refractivity contribution in [2.45, 2.75) is 12.9 Å². The van der Waals surface area contributed by atoms with E-state index in [2.05, 4.69) is 14.2 Å². The molecule has 68 valence electrons. The Bertz CT molecular complexity index is 84.0. The zero-order valence-electron chi connectivity index (χ0n) is 5.98. The quantitative estimate of drug-likeness (QED) is 0.571. The summed E-state index contributed by atoms with van der Waals surface area (Å²) in [4.78, 5) is 0. The molecule has 0 radical (unpaired) electrons. The van der Waals surface area contributed by atoms with Crippen molar-refractivity contribution in [3.8, 4) is 0 Å². The molecule has 0 unspecified atom stereocenters. The maximum Gasteiger partial charge on any atom is 0.286 e. The number of ether oxygens (including phenoxy) is 3. The van der Waals surface area contributed by atoms with Gasteiger partial charge < -0.3 is 0 Å². The molecule has 3 nitrogen and oxygen atoms in total. The average Bonchev–Trinajstić information content (AvgIpc) is 1.88. The Morgan fingerprint density at radius 2 is 1.18 bits per heavy atom. The van der Waals surface area contributed by atoms with Crippen molar-refractivity contribution in [2.75, 3.05) is 20.6 Å². The predicted octanol–water partition coefficient (Wildman–Crippen LogP) is 1.49. The van der Waals surface area contributed by atoms with Gasteiger partial charge in [0.1, 0.15) is 0 Å². The molecule has 0 spiro atoms. The third-order valence-corrected chi connectivity index (χ3v) is 0.950. The molecule has 0 aromatic rings. The van der Waals surface area contributed by atoms with Crippen LogP contribution in [0.3, 0.4) is 0 Å². The average molecular weight is 174 g/mol. The molecule has 0 aromatic carbocycles. The Morgan fingerprint density at radius 1 is 0.909 bits per heavy atom. The molecule has 0 saturated carbocycles. The molecule has 0 aromatic heterocycles. The van der Waals surface area contributed by atoms with Crippen molar-refractivity contribution in [3.05, 3.63) is 0 Å². The van der Waals surface area contributed by atoms with Gasteiger partial charge in [0.2, 0.25) is 0 Å². The van der Waals surface area contributed by atoms with Gasteiger partial charge in [-0.1, -0.05) is 0 Å². The van der Waals surface area contributed by atoms with E-state index < -0.39 is 26.6 Å². The van der Waals surface area contributed by atoms with Gasteiger partial charge >= 0.3 is 0 Å². The summed E-state index contributed by atoms with van der Waals surface area (Å²) in [5.74, 6) is -1.97. The smallest absolute Gasteiger partial charge is 0.286 e. The molecular weight excluding hydrogens is 165 g/mol. The molecule has 0 atom stereocenters. The van der Waals surface area contributed by atoms with Gasteiger partial charge in [-0.15, -0.1) is 0 Å². The lowest BCUT2D eigenvalue weighted by molar-refractivity contribution is -0.394. The predicted molar refractivity (Wildman–Crippen MR) is 29.6 cm³/mol. The van der Waals surface area contributed by atoms with Crippen molar-refractivity contribution in [2.24, 2.45) is 0 Å². The number of hydrogen-bond donors (Lipinski definition) is 0. The van der Waals surface area contributed by atoms with Crippen molar-refractivity contribution >= 4 is 0 Å². The van der Waals surface area contributed by atoms with E-state index in [-0.39, 0.29) is 0 Å². The molecule has 0 aliphatic rings. The zero-order valence-corrected chi connectivity index (χ0v) is 5.98. The molecule has 0 amide bonds. The van der Waals surface area contributed by atoms with Gasteiger partial charge in [0.15, 0.2) is 20.6 Å². The molecule has 0 N–H and O–H groups in total. The van der Waals surface area contributed by atoms with E-state index in [4.69, 9.17) is 0 Å². The van der Waals surface area contributed by atoms with Crippen LogP contribution in [0.1, 0.15) is 6.92 Å². The first-order valence-electron chi connectivity index (χ1n) is 2.78. The monoisotopic (exact) mass is 174 g/mol. The molecule has 0 saturated heterocycles. The SMILES string of the molecule is CC(OCF)(OCF)OCF. The van der Waals surface area contributed by atoms with Crippen LogP contribution in [0, 0.1) is 0 Å². The van der Waals surface area contributed by atoms with Crippen LogP contribution in [0.15, 0.2) is 0 Å². The topological polar surface area (TPSA) is 27.7 Å². The lowest BCUT2D eigenvalue weighted by atomic mass is 10.6. The summed E-state index contributed by atoms with van der Waals surface area (Å²) in [7, 11) is 0. The van der Waals surface area contributed by atoms with Crippen molar-refractivity contribution in [1.29, 1.82) is 0 Å². The van der Waals surface area contributed by atoms with E-state index in [1.54, 1.807) is 0 Å². The first kappa shape index (κ1) is 10.7. The number of hydrogen-bond acceptors (Lipinski definition) is 3. The molecule has 11 heavy (non-hydrogen) atoms. The van der Waals surface area contributed by atoms with Crippen LogP contribution in [0.25, 0.3) is 0 Å². The standard InChI is InChI=1S/C5H9F3O3/c1-5(9-2-6,10-3-7)11-4-8/h2-4H2,1H3. The highest BCUT2D eigenvalue weighted by Gasteiger charge is 2.27. The van der Waals surface area contributed by atoms with E-state index in [1.165, 1.54) is 0 Å². The fourth-order valence-corrected chi connectivity index (χ4v) is 0.422. The Kier molecular flexibility index (Phi) is 5.18. The zero-order chi connectivity index (χ0) is 8.74. The van der Waals surface area contributed by atoms with Crippen LogP contribution in [0.4, 0.5) is 13.2 Å². The summed E-state index contributed by atoms with van der Waals surface area (Å²) in [6, 6.07) is 0. The van der Waals surface area contributed by atoms with Gasteiger partial charge in [0, 0.05) is 6.92 Å². The van der Waals surface area contributed by atoms with Gasteiger partial charge in [0.05, 0.1) is 0 Å². The molecule has 6 heteroatoms. The molecule has 0 heterocycles. The van der Waals surface area contributed by atoms with Gasteiger partial charge in [-0.3, -0.25) is 14.2 Å². The number of halogens is 3. The Labute approximate surface area is 62.0 Å². The van der Waals surface area contributed by atoms with Gasteiger partial charge in [-0.2, -0.15) is 0 Å². The Hall–Kier alpha value is -0.330. The highest BCUT2D eigenvalue weighted by atomic mass is 19.1. The molecule has 0 fully saturated rings. The highest BCUT2D eigenvalue weighted by molar-refractivity contribution is 4.42. The fraction of sp³-hybridized carbons (Fsp3) is 1.00. The third-order valence-electron chi connectivity index (χ3n) is 0.950. The van der Waals surface area contributed by atoms with E-state index in [9.17, 15) is 13.2 Å². The maximum atomic E-state index is 11.5. The van der Waals surface area contributed by atoms with E-state index in [1.807, 2.05) is 0 Å². The van der Waals surface area contributed by atoms with Gasteiger partial charge in [0.25, 0.3) is 5.97 Å². The summed E-state index contributed by atoms with van der Waals surface area (Å²) >= 11 is 0. The second-order valence-corrected chi connectivity index (χ2v) is 1.62. The van der Waals surface area contributed by atoms with Crippen molar-refractivity contribution in [3.63, 3.8) is 0 Å². The minimum Gasteiger partial charge on any atom is -0.295 e. The van der Waals surface area contributed by atoms with E-state index >= 15 is 0 Å². The van der Waals surface area contributed by atoms with Crippen LogP contribution >= 0.6 is 0 Å². The van der Waals surface area contributed by atoms with E-state index in [0.717, 1.165) is 6.92 Å². The summed E-state index contributed by atoms with van der Waals surface area (Å²) < 4.78 is 46.9. The lowest BCUT2D eigenvalue weighted by Gasteiger charge is -2.24. The lowest BCUT2D eigenvalue weighted by Crippen LogP contribution is -2.35. The summed E-state index contributed by atoms with van der Waals surface area (Å²) in [6.07, 6.45) is 0. The summed E-state index contributed by atoms with van der Waals surface area (Å²) in [6.45, 7) is -2.66. The third kappa shape index (κ3) is 4.18. The van der Waals surface area contributed by atoms with Gasteiger partial charge in [-0.25, -0.2) is 13.2 Å². The first-order chi connectivity index (χ1) is 5.18. The summed E-state index contributed by atoms with van der Waals surface area (Å²) in [5.41, 5.74) is 0. The molecule has 0 bridgehead atoms. The Balaban J connectivity index is 3.79. The van der Waals surface area contributed by atoms with Crippen LogP contribution in [0.2, 0.25) is 0 Å².